The molecular formula is C23H36ClN6O7P. The number of hydrogen-bond donors (Lipinski definition) is 2. The predicted octanol–water partition coefficient (Wildman–Crippen LogP) is 3.43. The van der Waals surface area contributed by atoms with Gasteiger partial charge in [-0.2, -0.15) is 9.97 Å². The van der Waals surface area contributed by atoms with Crippen LogP contribution in [-0.2, 0) is 27.9 Å². The Balaban J connectivity index is 1.57. The van der Waals surface area contributed by atoms with Gasteiger partial charge in [0, 0.05) is 0 Å². The van der Waals surface area contributed by atoms with Gasteiger partial charge in [-0.3, -0.25) is 18.4 Å². The zero-order valence-corrected chi connectivity index (χ0v) is 24.3. The van der Waals surface area contributed by atoms with Crippen LogP contribution in [0, 0.1) is 11.3 Å². The lowest BCUT2D eigenvalue weighted by Crippen LogP contribution is -2.49. The number of carbonyl (C=O) groups is 1. The third-order valence-corrected chi connectivity index (χ3v) is 8.53. The van der Waals surface area contributed by atoms with Gasteiger partial charge in [0.25, 0.3) is 0 Å². The van der Waals surface area contributed by atoms with E-state index in [0.29, 0.717) is 17.8 Å². The van der Waals surface area contributed by atoms with Gasteiger partial charge in [0.2, 0.25) is 11.8 Å². The van der Waals surface area contributed by atoms with Crippen molar-refractivity contribution in [1.82, 2.24) is 24.6 Å². The SMILES string of the molecule is CCOc1nc(N)nc2c1ncn2[C@@H]1O[C@@H]2CO[P@@](=O)(N[C@@H](COC(=O)C(C)C)C(C)(C)C)O[C@H]2[C@@]1(C)Cl. The molecule has 4 rings (SSSR count). The average Bonchev–Trinajstić information content (AvgIpc) is 3.33. The van der Waals surface area contributed by atoms with Gasteiger partial charge in [0.05, 0.1) is 31.5 Å². The quantitative estimate of drug-likeness (QED) is 0.269. The third kappa shape index (κ3) is 5.64. The number of carbonyl (C=O) groups excluding carboxylic acids is 1. The lowest BCUT2D eigenvalue weighted by molar-refractivity contribution is -0.148. The number of nitrogen functional groups attached to an aromatic ring is 1. The fraction of sp³-hybridized carbons (Fsp3) is 0.739. The van der Waals surface area contributed by atoms with Crippen molar-refractivity contribution in [1.29, 1.82) is 0 Å². The Morgan fingerprint density at radius 1 is 1.39 bits per heavy atom. The minimum atomic E-state index is -3.87. The van der Waals surface area contributed by atoms with Crippen LogP contribution in [-0.4, -0.2) is 68.4 Å². The van der Waals surface area contributed by atoms with Crippen LogP contribution >= 0.6 is 19.3 Å². The highest BCUT2D eigenvalue weighted by Crippen LogP contribution is 2.58. The first-order chi connectivity index (χ1) is 17.7. The molecule has 0 aromatic carbocycles. The zero-order chi connectivity index (χ0) is 28.0. The zero-order valence-electron chi connectivity index (χ0n) is 22.6. The summed E-state index contributed by atoms with van der Waals surface area (Å²) in [6.45, 7) is 13.2. The molecule has 2 aliphatic rings. The molecule has 0 amide bonds. The fourth-order valence-electron chi connectivity index (χ4n) is 4.25. The molecule has 0 aliphatic carbocycles. The molecule has 13 nitrogen and oxygen atoms in total. The number of nitrogens with one attached hydrogen (secondary N) is 1. The number of ether oxygens (including phenoxy) is 3. The molecule has 38 heavy (non-hydrogen) atoms. The number of hydrogen-bond acceptors (Lipinski definition) is 11. The van der Waals surface area contributed by atoms with Crippen molar-refractivity contribution in [3.05, 3.63) is 6.33 Å². The summed E-state index contributed by atoms with van der Waals surface area (Å²) in [5, 5.41) is 2.97. The van der Waals surface area contributed by atoms with E-state index in [0.717, 1.165) is 0 Å². The second-order valence-electron chi connectivity index (χ2n) is 11.0. The normalized spacial score (nSPS) is 30.4. The maximum absolute atomic E-state index is 13.8. The molecule has 0 bridgehead atoms. The van der Waals surface area contributed by atoms with Crippen molar-refractivity contribution in [2.24, 2.45) is 11.3 Å². The van der Waals surface area contributed by atoms with Crippen LogP contribution in [0.3, 0.4) is 0 Å². The number of rotatable bonds is 8. The van der Waals surface area contributed by atoms with E-state index in [9.17, 15) is 9.36 Å². The largest absolute Gasteiger partial charge is 0.476 e. The van der Waals surface area contributed by atoms with Crippen LogP contribution in [0.2, 0.25) is 0 Å². The van der Waals surface area contributed by atoms with Crippen molar-refractivity contribution in [3.63, 3.8) is 0 Å². The predicted molar refractivity (Wildman–Crippen MR) is 140 cm³/mol. The first-order valence-corrected chi connectivity index (χ1v) is 14.4. The summed E-state index contributed by atoms with van der Waals surface area (Å²) in [6.07, 6.45) is -0.737. The molecule has 2 fully saturated rings. The van der Waals surface area contributed by atoms with Crippen molar-refractivity contribution in [3.8, 4) is 5.88 Å². The van der Waals surface area contributed by atoms with Gasteiger partial charge in [0.1, 0.15) is 23.7 Å². The molecule has 2 aromatic heterocycles. The Hall–Kier alpha value is -2.02. The van der Waals surface area contributed by atoms with E-state index < -0.39 is 42.5 Å². The third-order valence-electron chi connectivity index (χ3n) is 6.51. The number of nitrogens with two attached hydrogens (primary N) is 1. The molecule has 15 heteroatoms. The highest BCUT2D eigenvalue weighted by Gasteiger charge is 2.60. The summed E-state index contributed by atoms with van der Waals surface area (Å²) in [4.78, 5) is 23.7. The van der Waals surface area contributed by atoms with E-state index in [-0.39, 0.29) is 36.9 Å². The van der Waals surface area contributed by atoms with Crippen LogP contribution in [0.15, 0.2) is 6.33 Å². The molecule has 2 saturated heterocycles. The van der Waals surface area contributed by atoms with Crippen LogP contribution < -0.4 is 15.6 Å². The maximum Gasteiger partial charge on any atom is 0.406 e. The molecule has 4 heterocycles. The molecule has 0 radical (unpaired) electrons. The van der Waals surface area contributed by atoms with Gasteiger partial charge in [-0.05, 0) is 19.3 Å². The minimum absolute atomic E-state index is 0.00704. The minimum Gasteiger partial charge on any atom is -0.476 e. The van der Waals surface area contributed by atoms with Gasteiger partial charge in [-0.15, -0.1) is 11.6 Å². The fourth-order valence-corrected chi connectivity index (χ4v) is 6.69. The second-order valence-corrected chi connectivity index (χ2v) is 13.5. The monoisotopic (exact) mass is 574 g/mol. The summed E-state index contributed by atoms with van der Waals surface area (Å²) in [7, 11) is -3.87. The van der Waals surface area contributed by atoms with E-state index in [1.165, 1.54) is 6.33 Å². The summed E-state index contributed by atoms with van der Waals surface area (Å²) in [6, 6.07) is -0.526. The number of nitrogens with zero attached hydrogens (tertiary/aromatic N) is 4. The van der Waals surface area contributed by atoms with Crippen molar-refractivity contribution >= 4 is 42.4 Å². The molecule has 0 unspecified atom stereocenters. The van der Waals surface area contributed by atoms with E-state index >= 15 is 0 Å². The van der Waals surface area contributed by atoms with Gasteiger partial charge in [0.15, 0.2) is 17.4 Å². The smallest absolute Gasteiger partial charge is 0.406 e. The van der Waals surface area contributed by atoms with E-state index in [1.807, 2.05) is 27.7 Å². The highest BCUT2D eigenvalue weighted by molar-refractivity contribution is 7.51. The second kappa shape index (κ2) is 10.5. The molecule has 0 saturated carbocycles. The Kier molecular flexibility index (Phi) is 8.02. The topological polar surface area (TPSA) is 162 Å². The number of anilines is 1. The molecule has 2 aliphatic heterocycles. The molecule has 6 atom stereocenters. The van der Waals surface area contributed by atoms with Crippen LogP contribution in [0.4, 0.5) is 5.95 Å². The van der Waals surface area contributed by atoms with Gasteiger partial charge in [-0.25, -0.2) is 14.6 Å². The standard InChI is InChI=1S/C23H36ClN6O7P/c1-8-33-18-15-17(27-21(25)28-18)30(11-26-15)20-23(7,24)16-13(36-20)9-35-38(32,37-16)29-14(22(4,5)6)10-34-19(31)12(2)3/h11-14,16,20H,8-10H2,1-7H3,(H,29,32)(H2,25,27,28)/t13-,14+,16-,20-,23-,38+/m1/s1. The Morgan fingerprint density at radius 3 is 2.74 bits per heavy atom. The van der Waals surface area contributed by atoms with Crippen molar-refractivity contribution < 1.29 is 32.6 Å². The van der Waals surface area contributed by atoms with Crippen molar-refractivity contribution in [2.45, 2.75) is 77.8 Å². The molecular weight excluding hydrogens is 539 g/mol. The Labute approximate surface area is 226 Å². The van der Waals surface area contributed by atoms with Crippen molar-refractivity contribution in [2.75, 3.05) is 25.6 Å². The summed E-state index contributed by atoms with van der Waals surface area (Å²) in [5.41, 5.74) is 6.24. The van der Waals surface area contributed by atoms with Gasteiger partial charge >= 0.3 is 13.7 Å². The number of alkyl halides is 1. The highest BCUT2D eigenvalue weighted by atomic mass is 35.5. The molecule has 3 N–H and O–H groups in total. The van der Waals surface area contributed by atoms with E-state index in [2.05, 4.69) is 20.0 Å². The van der Waals surface area contributed by atoms with Gasteiger partial charge in [-0.1, -0.05) is 34.6 Å². The number of halogens is 1. The number of aromatic nitrogens is 4. The molecule has 212 valence electrons. The van der Waals surface area contributed by atoms with E-state index in [1.54, 1.807) is 25.3 Å². The maximum atomic E-state index is 13.8. The van der Waals surface area contributed by atoms with Crippen LogP contribution in [0.5, 0.6) is 5.88 Å². The van der Waals surface area contributed by atoms with Crippen LogP contribution in [0.1, 0.15) is 54.7 Å². The lowest BCUT2D eigenvalue weighted by atomic mass is 9.88. The Morgan fingerprint density at radius 2 is 2.11 bits per heavy atom. The first kappa shape index (κ1) is 29.0. The van der Waals surface area contributed by atoms with E-state index in [4.69, 9.17) is 40.6 Å². The molecule has 2 aromatic rings. The van der Waals surface area contributed by atoms with Gasteiger partial charge < -0.3 is 19.9 Å². The average molecular weight is 575 g/mol. The first-order valence-electron chi connectivity index (χ1n) is 12.5. The summed E-state index contributed by atoms with van der Waals surface area (Å²) in [5.74, 6) is -0.382. The number of imidazole rings is 1. The molecule has 0 spiro atoms. The summed E-state index contributed by atoms with van der Waals surface area (Å²) < 4.78 is 44.3. The van der Waals surface area contributed by atoms with Crippen LogP contribution in [0.25, 0.3) is 11.2 Å². The lowest BCUT2D eigenvalue weighted by Gasteiger charge is -2.39. The Bertz CT molecular complexity index is 1230. The number of esters is 1. The summed E-state index contributed by atoms with van der Waals surface area (Å²) >= 11 is 7.05. The number of fused-ring (bicyclic) bond motifs is 2.